The second-order valence-corrected chi connectivity index (χ2v) is 4.66. The fourth-order valence-corrected chi connectivity index (χ4v) is 1.77. The van der Waals surface area contributed by atoms with Gasteiger partial charge in [0.2, 0.25) is 0 Å². The summed E-state index contributed by atoms with van der Waals surface area (Å²) in [5.74, 6) is -0.130. The number of carbonyl (C=O) groups excluding carboxylic acids is 1. The van der Waals surface area contributed by atoms with Crippen molar-refractivity contribution in [2.24, 2.45) is 10.2 Å². The summed E-state index contributed by atoms with van der Waals surface area (Å²) in [6.07, 6.45) is 0. The minimum absolute atomic E-state index is 0.156. The van der Waals surface area contributed by atoms with Crippen molar-refractivity contribution >= 4 is 17.3 Å². The molecular formula is C17H17N3O3. The minimum atomic E-state index is -0.539. The Morgan fingerprint density at radius 2 is 1.87 bits per heavy atom. The van der Waals surface area contributed by atoms with Crippen LogP contribution in [0.1, 0.15) is 6.92 Å². The average Bonchev–Trinajstić information content (AvgIpc) is 2.56. The van der Waals surface area contributed by atoms with Gasteiger partial charge in [0.25, 0.3) is 5.91 Å². The second-order valence-electron chi connectivity index (χ2n) is 4.66. The van der Waals surface area contributed by atoms with Crippen molar-refractivity contribution in [3.63, 3.8) is 0 Å². The molecule has 0 saturated carbocycles. The van der Waals surface area contributed by atoms with Crippen LogP contribution in [-0.4, -0.2) is 18.1 Å². The summed E-state index contributed by atoms with van der Waals surface area (Å²) in [5.41, 5.74) is 0.958. The number of para-hydroxylation sites is 1. The third-order valence-electron chi connectivity index (χ3n) is 2.91. The number of rotatable bonds is 5. The molecular weight excluding hydrogens is 294 g/mol. The molecule has 0 saturated heterocycles. The van der Waals surface area contributed by atoms with Gasteiger partial charge >= 0.3 is 0 Å². The van der Waals surface area contributed by atoms with E-state index in [1.165, 1.54) is 6.92 Å². The Bertz CT molecular complexity index is 736. The molecule has 0 aliphatic rings. The number of amides is 1. The van der Waals surface area contributed by atoms with Crippen LogP contribution in [0.15, 0.2) is 76.3 Å². The summed E-state index contributed by atoms with van der Waals surface area (Å²) in [4.78, 5) is 12.2. The van der Waals surface area contributed by atoms with Gasteiger partial charge in [-0.2, -0.15) is 5.11 Å². The molecule has 23 heavy (non-hydrogen) atoms. The van der Waals surface area contributed by atoms with Crippen molar-refractivity contribution < 1.29 is 14.6 Å². The number of azo groups is 1. The number of anilines is 1. The monoisotopic (exact) mass is 311 g/mol. The molecule has 118 valence electrons. The Morgan fingerprint density at radius 1 is 1.13 bits per heavy atom. The number of hydrogen-bond acceptors (Lipinski definition) is 5. The van der Waals surface area contributed by atoms with Crippen LogP contribution in [0.3, 0.4) is 0 Å². The number of nitrogens with zero attached hydrogens (tertiary/aromatic N) is 2. The van der Waals surface area contributed by atoms with E-state index in [1.54, 1.807) is 55.6 Å². The average molecular weight is 311 g/mol. The summed E-state index contributed by atoms with van der Waals surface area (Å²) in [7, 11) is 1.55. The van der Waals surface area contributed by atoms with E-state index in [9.17, 15) is 9.90 Å². The molecule has 0 atom stereocenters. The molecule has 0 aromatic heterocycles. The lowest BCUT2D eigenvalue weighted by molar-refractivity contribution is -0.113. The van der Waals surface area contributed by atoms with Crippen LogP contribution < -0.4 is 10.1 Å². The first-order chi connectivity index (χ1) is 11.1. The first-order valence-electron chi connectivity index (χ1n) is 6.92. The van der Waals surface area contributed by atoms with Crippen LogP contribution in [0.2, 0.25) is 0 Å². The first-order valence-corrected chi connectivity index (χ1v) is 6.92. The van der Waals surface area contributed by atoms with Crippen LogP contribution in [0.4, 0.5) is 11.4 Å². The summed E-state index contributed by atoms with van der Waals surface area (Å²) >= 11 is 0. The summed E-state index contributed by atoms with van der Waals surface area (Å²) in [6, 6.07) is 15.8. The number of allylic oxidation sites excluding steroid dienone is 1. The number of aliphatic hydroxyl groups excluding tert-OH is 1. The van der Waals surface area contributed by atoms with Gasteiger partial charge in [-0.05, 0) is 31.2 Å². The molecule has 2 N–H and O–H groups in total. The predicted octanol–water partition coefficient (Wildman–Crippen LogP) is 4.21. The van der Waals surface area contributed by atoms with Gasteiger partial charge in [-0.15, -0.1) is 5.11 Å². The van der Waals surface area contributed by atoms with Crippen LogP contribution in [0, 0.1) is 0 Å². The van der Waals surface area contributed by atoms with E-state index >= 15 is 0 Å². The quantitative estimate of drug-likeness (QED) is 0.493. The molecule has 0 radical (unpaired) electrons. The van der Waals surface area contributed by atoms with Gasteiger partial charge in [0.05, 0.1) is 12.8 Å². The first kappa shape index (κ1) is 16.2. The Hall–Kier alpha value is -3.15. The van der Waals surface area contributed by atoms with Gasteiger partial charge in [-0.1, -0.05) is 24.3 Å². The maximum absolute atomic E-state index is 12.2. The topological polar surface area (TPSA) is 83.3 Å². The van der Waals surface area contributed by atoms with Crippen LogP contribution in [0.25, 0.3) is 0 Å². The number of ether oxygens (including phenoxy) is 1. The second kappa shape index (κ2) is 7.74. The Morgan fingerprint density at radius 3 is 2.52 bits per heavy atom. The smallest absolute Gasteiger partial charge is 0.279 e. The van der Waals surface area contributed by atoms with E-state index in [0.717, 1.165) is 0 Å². The van der Waals surface area contributed by atoms with Crippen molar-refractivity contribution in [2.45, 2.75) is 6.92 Å². The Kier molecular flexibility index (Phi) is 5.46. The summed E-state index contributed by atoms with van der Waals surface area (Å²) in [5, 5.41) is 20.1. The zero-order valence-corrected chi connectivity index (χ0v) is 12.9. The fourth-order valence-electron chi connectivity index (χ4n) is 1.77. The SMILES string of the molecule is COc1cccc(N=N/C(C(=O)Nc2ccccc2)=C(/C)O)c1. The van der Waals surface area contributed by atoms with Crippen molar-refractivity contribution in [3.8, 4) is 5.75 Å². The zero-order valence-electron chi connectivity index (χ0n) is 12.9. The number of methoxy groups -OCH3 is 1. The molecule has 2 aromatic rings. The Balaban J connectivity index is 2.17. The Labute approximate surface area is 134 Å². The highest BCUT2D eigenvalue weighted by atomic mass is 16.5. The third-order valence-corrected chi connectivity index (χ3v) is 2.91. The molecule has 2 rings (SSSR count). The molecule has 0 aliphatic carbocycles. The summed E-state index contributed by atoms with van der Waals surface area (Å²) < 4.78 is 5.09. The van der Waals surface area contributed by atoms with Crippen LogP contribution >= 0.6 is 0 Å². The van der Waals surface area contributed by atoms with Crippen molar-refractivity contribution in [1.82, 2.24) is 0 Å². The zero-order chi connectivity index (χ0) is 16.7. The molecule has 6 heteroatoms. The van der Waals surface area contributed by atoms with Crippen LogP contribution in [-0.2, 0) is 4.79 Å². The van der Waals surface area contributed by atoms with Gasteiger partial charge in [-0.25, -0.2) is 0 Å². The molecule has 2 aromatic carbocycles. The van der Waals surface area contributed by atoms with E-state index in [2.05, 4.69) is 15.5 Å². The number of benzene rings is 2. The standard InChI is InChI=1S/C17H17N3O3/c1-12(21)16(17(22)18-13-7-4-3-5-8-13)20-19-14-9-6-10-15(11-14)23-2/h3-11,21H,1-2H3,(H,18,22)/b16-12-,20-19?. The van der Waals surface area contributed by atoms with Gasteiger partial charge in [0.15, 0.2) is 5.70 Å². The maximum atomic E-state index is 12.2. The molecule has 1 amide bonds. The van der Waals surface area contributed by atoms with Gasteiger partial charge in [0, 0.05) is 11.8 Å². The normalized spacial score (nSPS) is 11.9. The number of carbonyl (C=O) groups is 1. The van der Waals surface area contributed by atoms with Gasteiger partial charge in [0.1, 0.15) is 11.5 Å². The van der Waals surface area contributed by atoms with Crippen LogP contribution in [0.5, 0.6) is 5.75 Å². The van der Waals surface area contributed by atoms with Crippen molar-refractivity contribution in [1.29, 1.82) is 0 Å². The van der Waals surface area contributed by atoms with Gasteiger partial charge in [-0.3, -0.25) is 4.79 Å². The molecule has 0 spiro atoms. The van der Waals surface area contributed by atoms with E-state index in [1.807, 2.05) is 6.07 Å². The largest absolute Gasteiger partial charge is 0.510 e. The highest BCUT2D eigenvalue weighted by Gasteiger charge is 2.13. The number of hydrogen-bond donors (Lipinski definition) is 2. The molecule has 0 heterocycles. The van der Waals surface area contributed by atoms with E-state index in [4.69, 9.17) is 4.74 Å². The van der Waals surface area contributed by atoms with Gasteiger partial charge < -0.3 is 15.2 Å². The minimum Gasteiger partial charge on any atom is -0.510 e. The van der Waals surface area contributed by atoms with Crippen molar-refractivity contribution in [3.05, 3.63) is 66.1 Å². The highest BCUT2D eigenvalue weighted by molar-refractivity contribution is 6.03. The molecule has 6 nitrogen and oxygen atoms in total. The lowest BCUT2D eigenvalue weighted by Crippen LogP contribution is -2.14. The molecule has 0 bridgehead atoms. The fraction of sp³-hybridized carbons (Fsp3) is 0.118. The number of aliphatic hydroxyl groups is 1. The lowest BCUT2D eigenvalue weighted by atomic mass is 10.3. The predicted molar refractivity (Wildman–Crippen MR) is 87.9 cm³/mol. The van der Waals surface area contributed by atoms with E-state index in [-0.39, 0.29) is 11.5 Å². The third kappa shape index (κ3) is 4.67. The molecule has 0 aliphatic heterocycles. The summed E-state index contributed by atoms with van der Waals surface area (Å²) in [6.45, 7) is 1.38. The highest BCUT2D eigenvalue weighted by Crippen LogP contribution is 2.21. The maximum Gasteiger partial charge on any atom is 0.279 e. The molecule has 0 fully saturated rings. The number of nitrogens with one attached hydrogen (secondary N) is 1. The van der Waals surface area contributed by atoms with Crippen molar-refractivity contribution in [2.75, 3.05) is 12.4 Å². The molecule has 0 unspecified atom stereocenters. The lowest BCUT2D eigenvalue weighted by Gasteiger charge is -2.05. The van der Waals surface area contributed by atoms with E-state index in [0.29, 0.717) is 17.1 Å². The van der Waals surface area contributed by atoms with E-state index < -0.39 is 5.91 Å².